The highest BCUT2D eigenvalue weighted by Crippen LogP contribution is 2.26. The van der Waals surface area contributed by atoms with Crippen LogP contribution in [0.1, 0.15) is 20.3 Å². The van der Waals surface area contributed by atoms with E-state index >= 15 is 0 Å². The number of ether oxygens (including phenoxy) is 1. The Morgan fingerprint density at radius 3 is 2.50 bits per heavy atom. The van der Waals surface area contributed by atoms with E-state index in [2.05, 4.69) is 10.6 Å². The number of amides is 3. The fourth-order valence-electron chi connectivity index (χ4n) is 2.59. The van der Waals surface area contributed by atoms with Gasteiger partial charge in [-0.2, -0.15) is 0 Å². The van der Waals surface area contributed by atoms with Crippen molar-refractivity contribution >= 4 is 23.4 Å². The summed E-state index contributed by atoms with van der Waals surface area (Å²) in [5.74, 6) is 0.00633. The van der Waals surface area contributed by atoms with Gasteiger partial charge in [0.1, 0.15) is 5.75 Å². The van der Waals surface area contributed by atoms with E-state index in [0.29, 0.717) is 26.2 Å². The maximum atomic E-state index is 12.2. The lowest BCUT2D eigenvalue weighted by Gasteiger charge is -2.17. The minimum absolute atomic E-state index is 0.0684. The molecular formula is C17H23N3O4. The molecule has 0 saturated carbocycles. The monoisotopic (exact) mass is 333 g/mol. The second-order valence-corrected chi connectivity index (χ2v) is 5.61. The van der Waals surface area contributed by atoms with Gasteiger partial charge in [-0.1, -0.05) is 0 Å². The van der Waals surface area contributed by atoms with Gasteiger partial charge in [0.05, 0.1) is 12.5 Å². The van der Waals surface area contributed by atoms with E-state index in [1.807, 2.05) is 31.2 Å². The molecule has 1 unspecified atom stereocenters. The van der Waals surface area contributed by atoms with Crippen LogP contribution in [-0.4, -0.2) is 44.0 Å². The molecule has 3 amide bonds. The maximum Gasteiger partial charge on any atom is 0.227 e. The first-order chi connectivity index (χ1) is 11.5. The largest absolute Gasteiger partial charge is 0.494 e. The zero-order valence-electron chi connectivity index (χ0n) is 14.0. The van der Waals surface area contributed by atoms with Gasteiger partial charge in [0.25, 0.3) is 0 Å². The molecule has 2 rings (SSSR count). The topological polar surface area (TPSA) is 87.7 Å². The van der Waals surface area contributed by atoms with Crippen LogP contribution >= 0.6 is 0 Å². The number of carbonyl (C=O) groups excluding carboxylic acids is 3. The Morgan fingerprint density at radius 1 is 1.21 bits per heavy atom. The van der Waals surface area contributed by atoms with Crippen molar-refractivity contribution < 1.29 is 19.1 Å². The number of hydrogen-bond acceptors (Lipinski definition) is 4. The van der Waals surface area contributed by atoms with Crippen LogP contribution in [0.2, 0.25) is 0 Å². The summed E-state index contributed by atoms with van der Waals surface area (Å²) in [4.78, 5) is 36.7. The fourth-order valence-corrected chi connectivity index (χ4v) is 2.59. The van der Waals surface area contributed by atoms with Crippen LogP contribution in [-0.2, 0) is 14.4 Å². The molecule has 1 fully saturated rings. The first-order valence-electron chi connectivity index (χ1n) is 8.06. The Balaban J connectivity index is 1.88. The highest BCUT2D eigenvalue weighted by Gasteiger charge is 2.34. The number of carbonyl (C=O) groups is 3. The smallest absolute Gasteiger partial charge is 0.227 e. The molecule has 7 heteroatoms. The number of benzene rings is 1. The van der Waals surface area contributed by atoms with Crippen LogP contribution in [0.5, 0.6) is 5.75 Å². The van der Waals surface area contributed by atoms with Crippen molar-refractivity contribution in [2.75, 3.05) is 31.1 Å². The molecule has 1 aliphatic heterocycles. The predicted molar refractivity (Wildman–Crippen MR) is 89.8 cm³/mol. The van der Waals surface area contributed by atoms with Crippen LogP contribution in [0.3, 0.4) is 0 Å². The van der Waals surface area contributed by atoms with Crippen LogP contribution in [0.15, 0.2) is 24.3 Å². The molecule has 0 spiro atoms. The third-order valence-corrected chi connectivity index (χ3v) is 3.75. The number of hydrogen-bond donors (Lipinski definition) is 2. The zero-order valence-corrected chi connectivity index (χ0v) is 14.0. The van der Waals surface area contributed by atoms with Gasteiger partial charge in [-0.05, 0) is 31.2 Å². The second-order valence-electron chi connectivity index (χ2n) is 5.61. The molecule has 1 heterocycles. The summed E-state index contributed by atoms with van der Waals surface area (Å²) in [6.07, 6.45) is 0.194. The first kappa shape index (κ1) is 17.8. The maximum absolute atomic E-state index is 12.2. The van der Waals surface area contributed by atoms with E-state index < -0.39 is 0 Å². The van der Waals surface area contributed by atoms with Crippen LogP contribution in [0.4, 0.5) is 5.69 Å². The lowest BCUT2D eigenvalue weighted by Crippen LogP contribution is -2.37. The van der Waals surface area contributed by atoms with Crippen LogP contribution < -0.4 is 20.3 Å². The molecule has 24 heavy (non-hydrogen) atoms. The molecule has 0 radical (unpaired) electrons. The van der Waals surface area contributed by atoms with Gasteiger partial charge in [0.15, 0.2) is 0 Å². The Labute approximate surface area is 141 Å². The highest BCUT2D eigenvalue weighted by atomic mass is 16.5. The molecular weight excluding hydrogens is 310 g/mol. The molecule has 0 aliphatic carbocycles. The van der Waals surface area contributed by atoms with Crippen molar-refractivity contribution in [1.29, 1.82) is 0 Å². The Bertz CT molecular complexity index is 600. The van der Waals surface area contributed by atoms with Gasteiger partial charge in [-0.3, -0.25) is 14.4 Å². The molecule has 0 bridgehead atoms. The van der Waals surface area contributed by atoms with E-state index in [1.165, 1.54) is 6.92 Å². The van der Waals surface area contributed by atoms with E-state index in [0.717, 1.165) is 11.4 Å². The Hall–Kier alpha value is -2.57. The van der Waals surface area contributed by atoms with Gasteiger partial charge in [0, 0.05) is 38.7 Å². The predicted octanol–water partition coefficient (Wildman–Crippen LogP) is 0.690. The highest BCUT2D eigenvalue weighted by molar-refractivity contribution is 6.00. The van der Waals surface area contributed by atoms with Crippen LogP contribution in [0.25, 0.3) is 0 Å². The van der Waals surface area contributed by atoms with Crippen molar-refractivity contribution in [2.45, 2.75) is 20.3 Å². The molecule has 1 aliphatic rings. The average molecular weight is 333 g/mol. The molecule has 7 nitrogen and oxygen atoms in total. The molecule has 1 aromatic carbocycles. The number of anilines is 1. The van der Waals surface area contributed by atoms with Gasteiger partial charge >= 0.3 is 0 Å². The van der Waals surface area contributed by atoms with Crippen molar-refractivity contribution in [3.8, 4) is 5.75 Å². The number of nitrogens with one attached hydrogen (secondary N) is 2. The van der Waals surface area contributed by atoms with E-state index in [4.69, 9.17) is 4.74 Å². The van der Waals surface area contributed by atoms with Crippen molar-refractivity contribution in [3.05, 3.63) is 24.3 Å². The minimum atomic E-state index is -0.374. The Morgan fingerprint density at radius 2 is 1.88 bits per heavy atom. The SMILES string of the molecule is CCOc1ccc(N2CC(C(=O)NCCNC(C)=O)CC2=O)cc1. The van der Waals surface area contributed by atoms with Crippen molar-refractivity contribution in [3.63, 3.8) is 0 Å². The third kappa shape index (κ3) is 4.71. The van der Waals surface area contributed by atoms with Gasteiger partial charge in [0.2, 0.25) is 17.7 Å². The second kappa shape index (κ2) is 8.33. The van der Waals surface area contributed by atoms with Crippen LogP contribution in [0, 0.1) is 5.92 Å². The lowest BCUT2D eigenvalue weighted by molar-refractivity contribution is -0.126. The van der Waals surface area contributed by atoms with Crippen molar-refractivity contribution in [1.82, 2.24) is 10.6 Å². The summed E-state index contributed by atoms with van der Waals surface area (Å²) < 4.78 is 5.38. The molecule has 130 valence electrons. The minimum Gasteiger partial charge on any atom is -0.494 e. The standard InChI is InChI=1S/C17H23N3O4/c1-3-24-15-6-4-14(5-7-15)20-11-13(10-16(20)22)17(23)19-9-8-18-12(2)21/h4-7,13H,3,8-11H2,1-2H3,(H,18,21)(H,19,23). The molecule has 2 N–H and O–H groups in total. The summed E-state index contributed by atoms with van der Waals surface area (Å²) in [5, 5.41) is 5.35. The molecule has 1 saturated heterocycles. The van der Waals surface area contributed by atoms with Gasteiger partial charge < -0.3 is 20.3 Å². The molecule has 0 aromatic heterocycles. The summed E-state index contributed by atoms with van der Waals surface area (Å²) in [5.41, 5.74) is 0.761. The molecule has 1 atom stereocenters. The fraction of sp³-hybridized carbons (Fsp3) is 0.471. The molecule has 1 aromatic rings. The summed E-state index contributed by atoms with van der Waals surface area (Å²) >= 11 is 0. The number of nitrogens with zero attached hydrogens (tertiary/aromatic N) is 1. The van der Waals surface area contributed by atoms with E-state index in [9.17, 15) is 14.4 Å². The first-order valence-corrected chi connectivity index (χ1v) is 8.06. The number of rotatable bonds is 7. The zero-order chi connectivity index (χ0) is 17.5. The van der Waals surface area contributed by atoms with Gasteiger partial charge in [-0.15, -0.1) is 0 Å². The summed E-state index contributed by atoms with van der Waals surface area (Å²) in [6, 6.07) is 7.26. The quantitative estimate of drug-likeness (QED) is 0.719. The normalized spacial score (nSPS) is 16.8. The average Bonchev–Trinajstić information content (AvgIpc) is 2.94. The Kier molecular flexibility index (Phi) is 6.17. The van der Waals surface area contributed by atoms with Crippen molar-refractivity contribution in [2.24, 2.45) is 5.92 Å². The third-order valence-electron chi connectivity index (χ3n) is 3.75. The summed E-state index contributed by atoms with van der Waals surface area (Å²) in [6.45, 7) is 5.01. The van der Waals surface area contributed by atoms with E-state index in [-0.39, 0.29) is 30.1 Å². The summed E-state index contributed by atoms with van der Waals surface area (Å²) in [7, 11) is 0. The van der Waals surface area contributed by atoms with Gasteiger partial charge in [-0.25, -0.2) is 0 Å². The van der Waals surface area contributed by atoms with E-state index in [1.54, 1.807) is 4.90 Å². The lowest BCUT2D eigenvalue weighted by atomic mass is 10.1.